The topological polar surface area (TPSA) is 94.2 Å². The lowest BCUT2D eigenvalue weighted by atomic mass is 10.1. The van der Waals surface area contributed by atoms with Crippen LogP contribution in [0.2, 0.25) is 0 Å². The summed E-state index contributed by atoms with van der Waals surface area (Å²) in [6.07, 6.45) is -0.179. The van der Waals surface area contributed by atoms with Crippen molar-refractivity contribution in [2.45, 2.75) is 26.9 Å². The summed E-state index contributed by atoms with van der Waals surface area (Å²) in [4.78, 5) is 27.3. The van der Waals surface area contributed by atoms with Crippen LogP contribution in [-0.2, 0) is 4.74 Å². The Morgan fingerprint density at radius 1 is 1.30 bits per heavy atom. The maximum Gasteiger partial charge on any atom is 0.257 e. The summed E-state index contributed by atoms with van der Waals surface area (Å²) in [5.41, 5.74) is 8.33. The van der Waals surface area contributed by atoms with Gasteiger partial charge >= 0.3 is 0 Å². The van der Waals surface area contributed by atoms with E-state index in [-0.39, 0.29) is 18.0 Å². The van der Waals surface area contributed by atoms with Gasteiger partial charge in [-0.05, 0) is 20.8 Å². The quantitative estimate of drug-likeness (QED) is 0.898. The van der Waals surface area contributed by atoms with E-state index in [0.29, 0.717) is 36.6 Å². The zero-order chi connectivity index (χ0) is 16.6. The molecule has 0 spiro atoms. The van der Waals surface area contributed by atoms with Crippen LogP contribution in [0.1, 0.15) is 38.6 Å². The fourth-order valence-electron chi connectivity index (χ4n) is 2.71. The molecule has 0 saturated carbocycles. The van der Waals surface area contributed by atoms with Crippen LogP contribution in [-0.4, -0.2) is 45.5 Å². The summed E-state index contributed by atoms with van der Waals surface area (Å²) in [6.45, 7) is 7.02. The molecule has 3 heterocycles. The minimum Gasteiger partial charge on any atom is -0.368 e. The molecular weight excluding hydrogens is 314 g/mol. The normalized spacial score (nSPS) is 18.2. The summed E-state index contributed by atoms with van der Waals surface area (Å²) in [7, 11) is 0. The van der Waals surface area contributed by atoms with Crippen molar-refractivity contribution >= 4 is 23.2 Å². The molecule has 3 rings (SSSR count). The Bertz CT molecular complexity index is 722. The Morgan fingerprint density at radius 3 is 2.61 bits per heavy atom. The van der Waals surface area contributed by atoms with Crippen molar-refractivity contribution in [3.8, 4) is 0 Å². The first-order chi connectivity index (χ1) is 11.0. The molecule has 0 aliphatic carbocycles. The summed E-state index contributed by atoms with van der Waals surface area (Å²) in [6, 6.07) is 0. The average Bonchev–Trinajstić information content (AvgIpc) is 2.93. The molecule has 1 saturated heterocycles. The molecule has 2 aromatic heterocycles. The second-order valence-corrected chi connectivity index (χ2v) is 6.46. The number of amides is 1. The highest BCUT2D eigenvalue weighted by molar-refractivity contribution is 7.09. The molecule has 0 radical (unpaired) electrons. The molecule has 1 aliphatic rings. The summed E-state index contributed by atoms with van der Waals surface area (Å²) in [5, 5.41) is 2.89. The van der Waals surface area contributed by atoms with Gasteiger partial charge in [-0.1, -0.05) is 0 Å². The summed E-state index contributed by atoms with van der Waals surface area (Å²) < 4.78 is 5.78. The molecule has 23 heavy (non-hydrogen) atoms. The first kappa shape index (κ1) is 15.8. The van der Waals surface area contributed by atoms with Gasteiger partial charge in [0.05, 0.1) is 30.1 Å². The third-order valence-electron chi connectivity index (χ3n) is 3.77. The number of nitrogens with zero attached hydrogens (tertiary/aromatic N) is 4. The number of hydrogen-bond acceptors (Lipinski definition) is 7. The van der Waals surface area contributed by atoms with Crippen molar-refractivity contribution in [1.29, 1.82) is 0 Å². The molecule has 1 aliphatic heterocycles. The highest BCUT2D eigenvalue weighted by Crippen LogP contribution is 2.26. The molecule has 2 aromatic rings. The number of nitrogen functional groups attached to an aromatic ring is 1. The van der Waals surface area contributed by atoms with Crippen LogP contribution in [0.25, 0.3) is 0 Å². The number of carbonyl (C=O) groups is 1. The molecule has 0 aromatic carbocycles. The molecule has 1 atom stereocenters. The SMILES string of the molecule is Cc1csc(C2CN(C(=O)c3c(C)nc(N)nc3C)CCO2)n1. The van der Waals surface area contributed by atoms with Crippen LogP contribution in [0, 0.1) is 20.8 Å². The van der Waals surface area contributed by atoms with Crippen molar-refractivity contribution in [1.82, 2.24) is 19.9 Å². The van der Waals surface area contributed by atoms with Crippen LogP contribution >= 0.6 is 11.3 Å². The monoisotopic (exact) mass is 333 g/mol. The van der Waals surface area contributed by atoms with Crippen LogP contribution in [0.4, 0.5) is 5.95 Å². The van der Waals surface area contributed by atoms with E-state index in [1.54, 1.807) is 30.1 Å². The summed E-state index contributed by atoms with van der Waals surface area (Å²) >= 11 is 1.56. The van der Waals surface area contributed by atoms with E-state index in [9.17, 15) is 4.79 Å². The standard InChI is InChI=1S/C15H19N5O2S/c1-8-7-23-13(17-8)11-6-20(4-5-22-11)14(21)12-9(2)18-15(16)19-10(12)3/h7,11H,4-6H2,1-3H3,(H2,16,18,19). The van der Waals surface area contributed by atoms with Crippen molar-refractivity contribution < 1.29 is 9.53 Å². The highest BCUT2D eigenvalue weighted by atomic mass is 32.1. The minimum atomic E-state index is -0.179. The number of carbonyl (C=O) groups excluding carboxylic acids is 1. The van der Waals surface area contributed by atoms with Gasteiger partial charge in [0.25, 0.3) is 5.91 Å². The zero-order valence-corrected chi connectivity index (χ0v) is 14.2. The average molecular weight is 333 g/mol. The molecule has 1 fully saturated rings. The van der Waals surface area contributed by atoms with E-state index in [1.807, 2.05) is 12.3 Å². The predicted molar refractivity (Wildman–Crippen MR) is 87.4 cm³/mol. The van der Waals surface area contributed by atoms with Crippen molar-refractivity contribution in [3.63, 3.8) is 0 Å². The molecule has 8 heteroatoms. The van der Waals surface area contributed by atoms with Gasteiger partial charge in [0.1, 0.15) is 11.1 Å². The van der Waals surface area contributed by atoms with Crippen LogP contribution < -0.4 is 5.73 Å². The minimum absolute atomic E-state index is 0.0819. The second kappa shape index (κ2) is 6.21. The summed E-state index contributed by atoms with van der Waals surface area (Å²) in [5.74, 6) is 0.108. The Hall–Kier alpha value is -2.06. The lowest BCUT2D eigenvalue weighted by molar-refractivity contribution is -0.0230. The molecule has 0 bridgehead atoms. The van der Waals surface area contributed by atoms with Gasteiger partial charge in [-0.3, -0.25) is 4.79 Å². The molecule has 1 amide bonds. The lowest BCUT2D eigenvalue weighted by Gasteiger charge is -2.32. The maximum atomic E-state index is 12.9. The molecule has 2 N–H and O–H groups in total. The number of morpholine rings is 1. The molecule has 1 unspecified atom stereocenters. The van der Waals surface area contributed by atoms with Crippen molar-refractivity contribution in [3.05, 3.63) is 33.0 Å². The van der Waals surface area contributed by atoms with Crippen molar-refractivity contribution in [2.75, 3.05) is 25.4 Å². The number of ether oxygens (including phenoxy) is 1. The Kier molecular flexibility index (Phi) is 4.27. The molecule has 122 valence electrons. The van der Waals surface area contributed by atoms with Gasteiger partial charge < -0.3 is 15.4 Å². The van der Waals surface area contributed by atoms with Crippen LogP contribution in [0.15, 0.2) is 5.38 Å². The Labute approximate surface area is 138 Å². The maximum absolute atomic E-state index is 12.9. The number of rotatable bonds is 2. The number of thiazole rings is 1. The smallest absolute Gasteiger partial charge is 0.257 e. The third kappa shape index (κ3) is 3.18. The van der Waals surface area contributed by atoms with Gasteiger partial charge in [-0.15, -0.1) is 11.3 Å². The molecule has 7 nitrogen and oxygen atoms in total. The van der Waals surface area contributed by atoms with Crippen LogP contribution in [0.3, 0.4) is 0 Å². The zero-order valence-electron chi connectivity index (χ0n) is 13.4. The number of anilines is 1. The van der Waals surface area contributed by atoms with Crippen molar-refractivity contribution in [2.24, 2.45) is 0 Å². The number of hydrogen-bond donors (Lipinski definition) is 1. The first-order valence-corrected chi connectivity index (χ1v) is 8.27. The van der Waals surface area contributed by atoms with Gasteiger partial charge in [-0.2, -0.15) is 0 Å². The van der Waals surface area contributed by atoms with Crippen LogP contribution in [0.5, 0.6) is 0 Å². The largest absolute Gasteiger partial charge is 0.368 e. The van der Waals surface area contributed by atoms with E-state index in [4.69, 9.17) is 10.5 Å². The Morgan fingerprint density at radius 2 is 2.00 bits per heavy atom. The Balaban J connectivity index is 1.83. The fourth-order valence-corrected chi connectivity index (χ4v) is 3.55. The van der Waals surface area contributed by atoms with E-state index in [2.05, 4.69) is 15.0 Å². The van der Waals surface area contributed by atoms with Gasteiger partial charge in [0.15, 0.2) is 0 Å². The van der Waals surface area contributed by atoms with E-state index in [0.717, 1.165) is 10.7 Å². The van der Waals surface area contributed by atoms with Gasteiger partial charge in [0, 0.05) is 17.6 Å². The third-order valence-corrected chi connectivity index (χ3v) is 4.82. The number of nitrogens with two attached hydrogens (primary N) is 1. The second-order valence-electron chi connectivity index (χ2n) is 5.57. The predicted octanol–water partition coefficient (Wildman–Crippen LogP) is 1.65. The van der Waals surface area contributed by atoms with E-state index >= 15 is 0 Å². The van der Waals surface area contributed by atoms with Gasteiger partial charge in [0.2, 0.25) is 5.95 Å². The fraction of sp³-hybridized carbons (Fsp3) is 0.467. The molecular formula is C15H19N5O2S. The first-order valence-electron chi connectivity index (χ1n) is 7.39. The number of aromatic nitrogens is 3. The number of aryl methyl sites for hydroxylation is 3. The van der Waals surface area contributed by atoms with E-state index in [1.165, 1.54) is 0 Å². The van der Waals surface area contributed by atoms with Gasteiger partial charge in [-0.25, -0.2) is 15.0 Å². The van der Waals surface area contributed by atoms with E-state index < -0.39 is 0 Å². The lowest BCUT2D eigenvalue weighted by Crippen LogP contribution is -2.43. The highest BCUT2D eigenvalue weighted by Gasteiger charge is 2.29.